The van der Waals surface area contributed by atoms with Crippen molar-refractivity contribution >= 4 is 17.0 Å². The fraction of sp³-hybridized carbons (Fsp3) is 0.444. The summed E-state index contributed by atoms with van der Waals surface area (Å²) in [5.41, 5.74) is 6.56. The fourth-order valence-electron chi connectivity index (χ4n) is 1.91. The van der Waals surface area contributed by atoms with Gasteiger partial charge in [-0.05, 0) is 0 Å². The standard InChI is InChI=1S/C9H9F2N5/c10-9(11)1-4(2-9)7-15-5-6(12)13-3-14-8(5)16-7/h3-4H,1-2H2,(H3,12,13,14,15,16). The lowest BCUT2D eigenvalue weighted by atomic mass is 9.81. The van der Waals surface area contributed by atoms with Crippen molar-refractivity contribution < 1.29 is 8.78 Å². The van der Waals surface area contributed by atoms with Crippen molar-refractivity contribution in [1.82, 2.24) is 19.9 Å². The molecule has 2 aromatic rings. The largest absolute Gasteiger partial charge is 0.382 e. The van der Waals surface area contributed by atoms with E-state index in [1.165, 1.54) is 6.33 Å². The van der Waals surface area contributed by atoms with E-state index in [1.807, 2.05) is 0 Å². The van der Waals surface area contributed by atoms with E-state index >= 15 is 0 Å². The van der Waals surface area contributed by atoms with Crippen LogP contribution in [0.25, 0.3) is 11.2 Å². The van der Waals surface area contributed by atoms with Crippen molar-refractivity contribution in [1.29, 1.82) is 0 Å². The van der Waals surface area contributed by atoms with Gasteiger partial charge in [0.2, 0.25) is 5.92 Å². The molecule has 3 rings (SSSR count). The van der Waals surface area contributed by atoms with Gasteiger partial charge in [0.05, 0.1) is 0 Å². The summed E-state index contributed by atoms with van der Waals surface area (Å²) in [7, 11) is 0. The third kappa shape index (κ3) is 1.31. The number of H-pyrrole nitrogens is 1. The molecule has 84 valence electrons. The van der Waals surface area contributed by atoms with E-state index in [-0.39, 0.29) is 24.6 Å². The predicted molar refractivity (Wildman–Crippen MR) is 53.0 cm³/mol. The van der Waals surface area contributed by atoms with Crippen LogP contribution < -0.4 is 5.73 Å². The Morgan fingerprint density at radius 2 is 2.12 bits per heavy atom. The SMILES string of the molecule is Nc1ncnc2nc(C3CC(F)(F)C3)[nH]c12. The first-order chi connectivity index (χ1) is 7.55. The van der Waals surface area contributed by atoms with Crippen LogP contribution in [-0.4, -0.2) is 25.9 Å². The Kier molecular flexibility index (Phi) is 1.69. The van der Waals surface area contributed by atoms with Crippen LogP contribution in [-0.2, 0) is 0 Å². The zero-order valence-corrected chi connectivity index (χ0v) is 8.24. The number of halogens is 2. The minimum atomic E-state index is -2.55. The summed E-state index contributed by atoms with van der Waals surface area (Å²) in [6.45, 7) is 0. The zero-order valence-electron chi connectivity index (χ0n) is 8.24. The van der Waals surface area contributed by atoms with Gasteiger partial charge in [-0.1, -0.05) is 0 Å². The van der Waals surface area contributed by atoms with Gasteiger partial charge in [0.15, 0.2) is 11.5 Å². The summed E-state index contributed by atoms with van der Waals surface area (Å²) in [5.74, 6) is -1.98. The van der Waals surface area contributed by atoms with E-state index < -0.39 is 5.92 Å². The highest BCUT2D eigenvalue weighted by Crippen LogP contribution is 2.47. The van der Waals surface area contributed by atoms with Crippen LogP contribution in [0.5, 0.6) is 0 Å². The van der Waals surface area contributed by atoms with Crippen LogP contribution >= 0.6 is 0 Å². The lowest BCUT2D eigenvalue weighted by molar-refractivity contribution is -0.0883. The molecule has 0 unspecified atom stereocenters. The molecule has 0 aliphatic heterocycles. The molecule has 0 atom stereocenters. The third-order valence-electron chi connectivity index (χ3n) is 2.81. The quantitative estimate of drug-likeness (QED) is 0.769. The lowest BCUT2D eigenvalue weighted by Crippen LogP contribution is -2.34. The van der Waals surface area contributed by atoms with Gasteiger partial charge in [-0.3, -0.25) is 0 Å². The van der Waals surface area contributed by atoms with Gasteiger partial charge in [-0.15, -0.1) is 0 Å². The van der Waals surface area contributed by atoms with Crippen molar-refractivity contribution in [3.05, 3.63) is 12.2 Å². The molecule has 0 spiro atoms. The summed E-state index contributed by atoms with van der Waals surface area (Å²) in [6.07, 6.45) is 0.970. The number of nitrogens with one attached hydrogen (secondary N) is 1. The van der Waals surface area contributed by atoms with E-state index in [0.717, 1.165) is 0 Å². The molecular weight excluding hydrogens is 216 g/mol. The molecule has 0 amide bonds. The molecule has 1 aliphatic carbocycles. The van der Waals surface area contributed by atoms with Crippen molar-refractivity contribution in [3.63, 3.8) is 0 Å². The summed E-state index contributed by atoms with van der Waals surface area (Å²) < 4.78 is 25.4. The number of hydrogen-bond acceptors (Lipinski definition) is 4. The highest BCUT2D eigenvalue weighted by atomic mass is 19.3. The molecule has 7 heteroatoms. The van der Waals surface area contributed by atoms with E-state index in [1.54, 1.807) is 0 Å². The Bertz CT molecular complexity index is 542. The second-order valence-electron chi connectivity index (χ2n) is 4.04. The van der Waals surface area contributed by atoms with Gasteiger partial charge in [-0.25, -0.2) is 23.7 Å². The average molecular weight is 225 g/mol. The predicted octanol–water partition coefficient (Wildman–Crippen LogP) is 1.45. The highest BCUT2D eigenvalue weighted by molar-refractivity contribution is 5.81. The number of nitrogens with two attached hydrogens (primary N) is 1. The van der Waals surface area contributed by atoms with Crippen LogP contribution in [0.1, 0.15) is 24.6 Å². The molecular formula is C9H9F2N5. The molecule has 1 fully saturated rings. The third-order valence-corrected chi connectivity index (χ3v) is 2.81. The van der Waals surface area contributed by atoms with Crippen LogP contribution in [0.4, 0.5) is 14.6 Å². The summed E-state index contributed by atoms with van der Waals surface area (Å²) in [4.78, 5) is 14.8. The molecule has 5 nitrogen and oxygen atoms in total. The highest BCUT2D eigenvalue weighted by Gasteiger charge is 2.47. The average Bonchev–Trinajstić information content (AvgIpc) is 2.59. The van der Waals surface area contributed by atoms with Crippen LogP contribution in [0.3, 0.4) is 0 Å². The van der Waals surface area contributed by atoms with Crippen molar-refractivity contribution in [2.45, 2.75) is 24.7 Å². The molecule has 1 saturated carbocycles. The summed E-state index contributed by atoms with van der Waals surface area (Å²) >= 11 is 0. The van der Waals surface area contributed by atoms with Crippen LogP contribution in [0.2, 0.25) is 0 Å². The number of aromatic amines is 1. The molecule has 0 aromatic carbocycles. The van der Waals surface area contributed by atoms with E-state index in [2.05, 4.69) is 19.9 Å². The smallest absolute Gasteiger partial charge is 0.249 e. The Balaban J connectivity index is 1.98. The summed E-state index contributed by atoms with van der Waals surface area (Å²) in [6, 6.07) is 0. The normalized spacial score (nSPS) is 19.9. The lowest BCUT2D eigenvalue weighted by Gasteiger charge is -2.33. The maximum atomic E-state index is 12.7. The molecule has 1 aliphatic rings. The van der Waals surface area contributed by atoms with Gasteiger partial charge < -0.3 is 10.7 Å². The van der Waals surface area contributed by atoms with Crippen molar-refractivity contribution in [2.24, 2.45) is 0 Å². The number of alkyl halides is 2. The van der Waals surface area contributed by atoms with Gasteiger partial charge in [0.1, 0.15) is 17.7 Å². The molecule has 0 saturated heterocycles. The van der Waals surface area contributed by atoms with Crippen molar-refractivity contribution in [3.8, 4) is 0 Å². The monoisotopic (exact) mass is 225 g/mol. The van der Waals surface area contributed by atoms with E-state index in [4.69, 9.17) is 5.73 Å². The minimum Gasteiger partial charge on any atom is -0.382 e. The molecule has 2 aromatic heterocycles. The maximum Gasteiger partial charge on any atom is 0.249 e. The Hall–Kier alpha value is -1.79. The first-order valence-corrected chi connectivity index (χ1v) is 4.89. The van der Waals surface area contributed by atoms with E-state index in [9.17, 15) is 8.78 Å². The Morgan fingerprint density at radius 3 is 2.75 bits per heavy atom. The van der Waals surface area contributed by atoms with E-state index in [0.29, 0.717) is 17.0 Å². The summed E-state index contributed by atoms with van der Waals surface area (Å²) in [5, 5.41) is 0. The number of anilines is 1. The Labute approximate surface area is 89.1 Å². The first-order valence-electron chi connectivity index (χ1n) is 4.89. The Morgan fingerprint density at radius 1 is 1.38 bits per heavy atom. The second kappa shape index (κ2) is 2.87. The number of fused-ring (bicyclic) bond motifs is 1. The molecule has 0 bridgehead atoms. The topological polar surface area (TPSA) is 80.5 Å². The number of nitrogen functional groups attached to an aromatic ring is 1. The molecule has 3 N–H and O–H groups in total. The number of nitrogens with zero attached hydrogens (tertiary/aromatic N) is 3. The molecule has 2 heterocycles. The van der Waals surface area contributed by atoms with Gasteiger partial charge in [0.25, 0.3) is 0 Å². The molecule has 16 heavy (non-hydrogen) atoms. The van der Waals surface area contributed by atoms with Gasteiger partial charge in [0, 0.05) is 18.8 Å². The van der Waals surface area contributed by atoms with Gasteiger partial charge in [-0.2, -0.15) is 0 Å². The number of rotatable bonds is 1. The molecule has 0 radical (unpaired) electrons. The van der Waals surface area contributed by atoms with Gasteiger partial charge >= 0.3 is 0 Å². The van der Waals surface area contributed by atoms with Crippen LogP contribution in [0, 0.1) is 0 Å². The van der Waals surface area contributed by atoms with Crippen LogP contribution in [0.15, 0.2) is 6.33 Å². The first kappa shape index (κ1) is 9.44. The number of aromatic nitrogens is 4. The fourth-order valence-corrected chi connectivity index (χ4v) is 1.91. The van der Waals surface area contributed by atoms with Crippen molar-refractivity contribution in [2.75, 3.05) is 5.73 Å². The zero-order chi connectivity index (χ0) is 11.3. The maximum absolute atomic E-state index is 12.7. The minimum absolute atomic E-state index is 0.167. The number of imidazole rings is 1. The number of hydrogen-bond donors (Lipinski definition) is 2. The second-order valence-corrected chi connectivity index (χ2v) is 4.04.